The number of carbonyl (C=O) groups is 1. The van der Waals surface area contributed by atoms with Crippen LogP contribution in [0.15, 0.2) is 18.2 Å². The van der Waals surface area contributed by atoms with Crippen LogP contribution in [0.3, 0.4) is 0 Å². The standard InChI is InChI=1S/C17H24N4O/c1-11(2)16-19-13-7-6-12(9-15(13)20-16)10-18-14-5-4-8-21(3)17(14)22/h6-7,9,11,14,18H,4-5,8,10H2,1-3H3,(H,19,20)/t14-/m1/s1. The van der Waals surface area contributed by atoms with Crippen LogP contribution in [0.1, 0.15) is 44.0 Å². The third-order valence-electron chi connectivity index (χ3n) is 4.32. The van der Waals surface area contributed by atoms with Crippen molar-refractivity contribution in [3.8, 4) is 0 Å². The first-order chi connectivity index (χ1) is 10.5. The van der Waals surface area contributed by atoms with E-state index < -0.39 is 0 Å². The number of nitrogens with zero attached hydrogens (tertiary/aromatic N) is 2. The van der Waals surface area contributed by atoms with Gasteiger partial charge in [-0.2, -0.15) is 0 Å². The number of H-pyrrole nitrogens is 1. The van der Waals surface area contributed by atoms with E-state index in [0.29, 0.717) is 12.5 Å². The van der Waals surface area contributed by atoms with Crippen LogP contribution >= 0.6 is 0 Å². The Labute approximate surface area is 131 Å². The summed E-state index contributed by atoms with van der Waals surface area (Å²) in [4.78, 5) is 21.9. The van der Waals surface area contributed by atoms with Crippen LogP contribution in [0.25, 0.3) is 11.0 Å². The molecular formula is C17H24N4O. The Bertz CT molecular complexity index is 676. The quantitative estimate of drug-likeness (QED) is 0.911. The maximum atomic E-state index is 12.1. The summed E-state index contributed by atoms with van der Waals surface area (Å²) in [7, 11) is 1.88. The third-order valence-corrected chi connectivity index (χ3v) is 4.32. The van der Waals surface area contributed by atoms with E-state index >= 15 is 0 Å². The van der Waals surface area contributed by atoms with Gasteiger partial charge in [0.15, 0.2) is 0 Å². The molecule has 5 nitrogen and oxygen atoms in total. The van der Waals surface area contributed by atoms with Crippen molar-refractivity contribution in [1.29, 1.82) is 0 Å². The largest absolute Gasteiger partial charge is 0.344 e. The minimum Gasteiger partial charge on any atom is -0.344 e. The molecule has 2 heterocycles. The molecule has 0 bridgehead atoms. The molecule has 0 aliphatic carbocycles. The molecule has 0 saturated carbocycles. The highest BCUT2D eigenvalue weighted by molar-refractivity contribution is 5.82. The average molecular weight is 300 g/mol. The summed E-state index contributed by atoms with van der Waals surface area (Å²) in [6.45, 7) is 5.84. The molecule has 0 spiro atoms. The molecule has 1 aliphatic rings. The van der Waals surface area contributed by atoms with Gasteiger partial charge in [-0.05, 0) is 30.5 Å². The third kappa shape index (κ3) is 2.99. The molecule has 2 N–H and O–H groups in total. The molecule has 1 aliphatic heterocycles. The summed E-state index contributed by atoms with van der Waals surface area (Å²) in [6, 6.07) is 6.20. The number of piperidine rings is 1. The molecule has 0 unspecified atom stereocenters. The molecule has 1 atom stereocenters. The number of aromatic nitrogens is 2. The molecule has 5 heteroatoms. The van der Waals surface area contributed by atoms with E-state index in [1.165, 1.54) is 5.56 Å². The smallest absolute Gasteiger partial charge is 0.239 e. The second kappa shape index (κ2) is 6.08. The van der Waals surface area contributed by atoms with E-state index in [1.54, 1.807) is 0 Å². The number of likely N-dealkylation sites (N-methyl/N-ethyl adjacent to an activating group) is 1. The SMILES string of the molecule is CC(C)c1nc2ccc(CN[C@@H]3CCCN(C)C3=O)cc2[nH]1. The minimum absolute atomic E-state index is 0.0533. The van der Waals surface area contributed by atoms with Crippen molar-refractivity contribution >= 4 is 16.9 Å². The van der Waals surface area contributed by atoms with E-state index in [1.807, 2.05) is 18.0 Å². The Morgan fingerprint density at radius 2 is 2.27 bits per heavy atom. The molecule has 3 rings (SSSR count). The molecule has 118 valence electrons. The fourth-order valence-electron chi connectivity index (χ4n) is 2.92. The lowest BCUT2D eigenvalue weighted by Gasteiger charge is -2.29. The maximum Gasteiger partial charge on any atom is 0.239 e. The topological polar surface area (TPSA) is 61.0 Å². The first-order valence-electron chi connectivity index (χ1n) is 8.01. The average Bonchev–Trinajstić information content (AvgIpc) is 2.92. The molecule has 22 heavy (non-hydrogen) atoms. The van der Waals surface area contributed by atoms with Crippen LogP contribution in [-0.4, -0.2) is 40.4 Å². The number of imidazole rings is 1. The Hall–Kier alpha value is -1.88. The highest BCUT2D eigenvalue weighted by Gasteiger charge is 2.25. The van der Waals surface area contributed by atoms with Crippen molar-refractivity contribution in [3.05, 3.63) is 29.6 Å². The van der Waals surface area contributed by atoms with Gasteiger partial charge in [0.1, 0.15) is 5.82 Å². The number of fused-ring (bicyclic) bond motifs is 1. The van der Waals surface area contributed by atoms with Crippen molar-refractivity contribution in [2.75, 3.05) is 13.6 Å². The van der Waals surface area contributed by atoms with Gasteiger partial charge in [0, 0.05) is 26.1 Å². The van der Waals surface area contributed by atoms with E-state index in [2.05, 4.69) is 41.3 Å². The second-order valence-corrected chi connectivity index (χ2v) is 6.46. The molecule has 0 radical (unpaired) electrons. The number of nitrogens with one attached hydrogen (secondary N) is 2. The zero-order valence-electron chi connectivity index (χ0n) is 13.5. The van der Waals surface area contributed by atoms with E-state index in [4.69, 9.17) is 0 Å². The Balaban J connectivity index is 1.70. The second-order valence-electron chi connectivity index (χ2n) is 6.46. The summed E-state index contributed by atoms with van der Waals surface area (Å²) in [5, 5.41) is 3.39. The first kappa shape index (κ1) is 15.0. The van der Waals surface area contributed by atoms with Crippen molar-refractivity contribution in [1.82, 2.24) is 20.2 Å². The lowest BCUT2D eigenvalue weighted by Crippen LogP contribution is -2.48. The lowest BCUT2D eigenvalue weighted by atomic mass is 10.0. The lowest BCUT2D eigenvalue weighted by molar-refractivity contribution is -0.134. The van der Waals surface area contributed by atoms with Crippen LogP contribution in [0, 0.1) is 0 Å². The Morgan fingerprint density at radius 3 is 3.05 bits per heavy atom. The van der Waals surface area contributed by atoms with Gasteiger partial charge in [0.05, 0.1) is 17.1 Å². The van der Waals surface area contributed by atoms with Gasteiger partial charge in [-0.3, -0.25) is 4.79 Å². The van der Waals surface area contributed by atoms with E-state index in [0.717, 1.165) is 36.2 Å². The maximum absolute atomic E-state index is 12.1. The van der Waals surface area contributed by atoms with Crippen molar-refractivity contribution in [2.45, 2.75) is 45.2 Å². The number of hydrogen-bond acceptors (Lipinski definition) is 3. The normalized spacial score (nSPS) is 19.4. The number of hydrogen-bond donors (Lipinski definition) is 2. The van der Waals surface area contributed by atoms with Gasteiger partial charge in [-0.25, -0.2) is 4.98 Å². The van der Waals surface area contributed by atoms with E-state index in [-0.39, 0.29) is 11.9 Å². The molecule has 1 saturated heterocycles. The van der Waals surface area contributed by atoms with Crippen molar-refractivity contribution in [3.63, 3.8) is 0 Å². The van der Waals surface area contributed by atoms with Crippen LogP contribution in [-0.2, 0) is 11.3 Å². The van der Waals surface area contributed by atoms with Gasteiger partial charge in [0.25, 0.3) is 0 Å². The summed E-state index contributed by atoms with van der Waals surface area (Å²) in [5.74, 6) is 1.62. The predicted octanol–water partition coefficient (Wildman–Crippen LogP) is 2.40. The fraction of sp³-hybridized carbons (Fsp3) is 0.529. The van der Waals surface area contributed by atoms with Crippen LogP contribution in [0.4, 0.5) is 0 Å². The highest BCUT2D eigenvalue weighted by Crippen LogP contribution is 2.18. The van der Waals surface area contributed by atoms with Gasteiger partial charge < -0.3 is 15.2 Å². The molecule has 1 amide bonds. The summed E-state index contributed by atoms with van der Waals surface area (Å²) in [5.41, 5.74) is 3.24. The summed E-state index contributed by atoms with van der Waals surface area (Å²) in [6.07, 6.45) is 1.99. The molecular weight excluding hydrogens is 276 g/mol. The fourth-order valence-corrected chi connectivity index (χ4v) is 2.92. The summed E-state index contributed by atoms with van der Waals surface area (Å²) >= 11 is 0. The number of rotatable bonds is 4. The van der Waals surface area contributed by atoms with Crippen LogP contribution < -0.4 is 5.32 Å². The van der Waals surface area contributed by atoms with Crippen molar-refractivity contribution in [2.24, 2.45) is 0 Å². The van der Waals surface area contributed by atoms with E-state index in [9.17, 15) is 4.79 Å². The minimum atomic E-state index is -0.0533. The number of aromatic amines is 1. The molecule has 2 aromatic rings. The molecule has 1 aromatic heterocycles. The number of benzene rings is 1. The first-order valence-corrected chi connectivity index (χ1v) is 8.01. The Kier molecular flexibility index (Phi) is 4.16. The van der Waals surface area contributed by atoms with Crippen molar-refractivity contribution < 1.29 is 4.79 Å². The van der Waals surface area contributed by atoms with Crippen LogP contribution in [0.2, 0.25) is 0 Å². The van der Waals surface area contributed by atoms with Gasteiger partial charge >= 0.3 is 0 Å². The number of amides is 1. The molecule has 1 aromatic carbocycles. The highest BCUT2D eigenvalue weighted by atomic mass is 16.2. The zero-order chi connectivity index (χ0) is 15.7. The predicted molar refractivity (Wildman–Crippen MR) is 87.7 cm³/mol. The van der Waals surface area contributed by atoms with Gasteiger partial charge in [0.2, 0.25) is 5.91 Å². The summed E-state index contributed by atoms with van der Waals surface area (Å²) < 4.78 is 0. The zero-order valence-corrected chi connectivity index (χ0v) is 13.5. The Morgan fingerprint density at radius 1 is 1.45 bits per heavy atom. The molecule has 1 fully saturated rings. The van der Waals surface area contributed by atoms with Gasteiger partial charge in [-0.15, -0.1) is 0 Å². The number of carbonyl (C=O) groups excluding carboxylic acids is 1. The monoisotopic (exact) mass is 300 g/mol. The van der Waals surface area contributed by atoms with Crippen LogP contribution in [0.5, 0.6) is 0 Å². The van der Waals surface area contributed by atoms with Gasteiger partial charge in [-0.1, -0.05) is 19.9 Å². The number of likely N-dealkylation sites (tertiary alicyclic amines) is 1.